The first-order chi connectivity index (χ1) is 8.60. The first-order valence-corrected chi connectivity index (χ1v) is 7.70. The zero-order valence-corrected chi connectivity index (χ0v) is 13.1. The minimum absolute atomic E-state index is 0.683. The second-order valence-electron chi connectivity index (χ2n) is 4.43. The van der Waals surface area contributed by atoms with Crippen molar-refractivity contribution in [2.45, 2.75) is 33.1 Å². The standard InChI is InChI=1S/C14H17BrN2S/c1-3-4-12-13(18-14(16)17-12)8-10-5-6-11(15)9(2)7-10/h5-7H,3-4,8H2,1-2H3,(H2,16,17). The highest BCUT2D eigenvalue weighted by molar-refractivity contribution is 9.10. The maximum Gasteiger partial charge on any atom is 0.180 e. The van der Waals surface area contributed by atoms with Gasteiger partial charge in [0.15, 0.2) is 5.13 Å². The Morgan fingerprint density at radius 3 is 2.83 bits per heavy atom. The molecule has 2 aromatic rings. The number of nitrogen functional groups attached to an aromatic ring is 1. The Balaban J connectivity index is 2.24. The third-order valence-corrected chi connectivity index (χ3v) is 4.69. The molecular weight excluding hydrogens is 308 g/mol. The molecular formula is C14H17BrN2S. The van der Waals surface area contributed by atoms with E-state index in [0.29, 0.717) is 5.13 Å². The molecule has 96 valence electrons. The summed E-state index contributed by atoms with van der Waals surface area (Å²) < 4.78 is 1.16. The summed E-state index contributed by atoms with van der Waals surface area (Å²) in [5, 5.41) is 0.683. The summed E-state index contributed by atoms with van der Waals surface area (Å²) >= 11 is 5.14. The molecule has 0 unspecified atom stereocenters. The lowest BCUT2D eigenvalue weighted by Gasteiger charge is -2.04. The minimum Gasteiger partial charge on any atom is -0.375 e. The van der Waals surface area contributed by atoms with Crippen LogP contribution < -0.4 is 5.73 Å². The van der Waals surface area contributed by atoms with Crippen molar-refractivity contribution in [1.29, 1.82) is 0 Å². The first-order valence-electron chi connectivity index (χ1n) is 6.09. The van der Waals surface area contributed by atoms with Crippen LogP contribution in [0.3, 0.4) is 0 Å². The van der Waals surface area contributed by atoms with Gasteiger partial charge >= 0.3 is 0 Å². The van der Waals surface area contributed by atoms with Gasteiger partial charge in [-0.15, -0.1) is 11.3 Å². The highest BCUT2D eigenvalue weighted by atomic mass is 79.9. The van der Waals surface area contributed by atoms with Crippen molar-refractivity contribution in [3.63, 3.8) is 0 Å². The van der Waals surface area contributed by atoms with E-state index < -0.39 is 0 Å². The quantitative estimate of drug-likeness (QED) is 0.908. The molecule has 0 saturated heterocycles. The zero-order chi connectivity index (χ0) is 13.1. The van der Waals surface area contributed by atoms with Crippen molar-refractivity contribution in [3.8, 4) is 0 Å². The third kappa shape index (κ3) is 3.12. The Kier molecular flexibility index (Phi) is 4.40. The summed E-state index contributed by atoms with van der Waals surface area (Å²) in [5.41, 5.74) is 9.57. The number of halogens is 1. The minimum atomic E-state index is 0.683. The molecule has 0 saturated carbocycles. The molecule has 0 aliphatic rings. The van der Waals surface area contributed by atoms with Gasteiger partial charge in [-0.25, -0.2) is 4.98 Å². The predicted molar refractivity (Wildman–Crippen MR) is 82.2 cm³/mol. The summed E-state index contributed by atoms with van der Waals surface area (Å²) in [6, 6.07) is 6.48. The van der Waals surface area contributed by atoms with E-state index in [1.165, 1.54) is 21.7 Å². The van der Waals surface area contributed by atoms with E-state index in [0.717, 1.165) is 23.7 Å². The average Bonchev–Trinajstić information content (AvgIpc) is 2.65. The highest BCUT2D eigenvalue weighted by Gasteiger charge is 2.10. The molecule has 2 rings (SSSR count). The first kappa shape index (κ1) is 13.6. The number of nitrogens with zero attached hydrogens (tertiary/aromatic N) is 1. The fourth-order valence-electron chi connectivity index (χ4n) is 1.98. The van der Waals surface area contributed by atoms with Crippen LogP contribution in [0.5, 0.6) is 0 Å². The van der Waals surface area contributed by atoms with E-state index in [9.17, 15) is 0 Å². The van der Waals surface area contributed by atoms with Gasteiger partial charge in [0.1, 0.15) is 0 Å². The SMILES string of the molecule is CCCc1nc(N)sc1Cc1ccc(Br)c(C)c1. The van der Waals surface area contributed by atoms with E-state index in [4.69, 9.17) is 5.73 Å². The van der Waals surface area contributed by atoms with Gasteiger partial charge in [-0.05, 0) is 30.5 Å². The zero-order valence-electron chi connectivity index (χ0n) is 10.7. The molecule has 0 fully saturated rings. The number of thiazole rings is 1. The number of aryl methyl sites for hydroxylation is 2. The number of nitrogens with two attached hydrogens (primary N) is 1. The van der Waals surface area contributed by atoms with E-state index in [-0.39, 0.29) is 0 Å². The van der Waals surface area contributed by atoms with Crippen LogP contribution in [0.1, 0.15) is 35.0 Å². The van der Waals surface area contributed by atoms with Crippen LogP contribution in [0.15, 0.2) is 22.7 Å². The molecule has 18 heavy (non-hydrogen) atoms. The molecule has 1 aromatic carbocycles. The van der Waals surface area contributed by atoms with Gasteiger partial charge in [0, 0.05) is 15.8 Å². The highest BCUT2D eigenvalue weighted by Crippen LogP contribution is 2.26. The van der Waals surface area contributed by atoms with Gasteiger partial charge in [0.2, 0.25) is 0 Å². The lowest BCUT2D eigenvalue weighted by Crippen LogP contribution is -1.93. The van der Waals surface area contributed by atoms with Crippen molar-refractivity contribution in [2.75, 3.05) is 5.73 Å². The van der Waals surface area contributed by atoms with Gasteiger partial charge in [-0.2, -0.15) is 0 Å². The Hall–Kier alpha value is -0.870. The predicted octanol–water partition coefficient (Wildman–Crippen LogP) is 4.34. The van der Waals surface area contributed by atoms with Crippen LogP contribution >= 0.6 is 27.3 Å². The smallest absolute Gasteiger partial charge is 0.180 e. The number of hydrogen-bond acceptors (Lipinski definition) is 3. The van der Waals surface area contributed by atoms with Crippen LogP contribution in [-0.4, -0.2) is 4.98 Å². The van der Waals surface area contributed by atoms with Gasteiger partial charge in [-0.1, -0.05) is 41.4 Å². The summed E-state index contributed by atoms with van der Waals surface area (Å²) in [5.74, 6) is 0. The Bertz CT molecular complexity index is 549. The number of anilines is 1. The molecule has 0 bridgehead atoms. The second kappa shape index (κ2) is 5.85. The number of rotatable bonds is 4. The molecule has 0 aliphatic heterocycles. The molecule has 1 heterocycles. The lowest BCUT2D eigenvalue weighted by molar-refractivity contribution is 0.879. The van der Waals surface area contributed by atoms with E-state index in [1.54, 1.807) is 11.3 Å². The molecule has 2 N–H and O–H groups in total. The lowest BCUT2D eigenvalue weighted by atomic mass is 10.1. The van der Waals surface area contributed by atoms with Crippen LogP contribution in [0, 0.1) is 6.92 Å². The van der Waals surface area contributed by atoms with Crippen molar-refractivity contribution in [3.05, 3.63) is 44.4 Å². The largest absolute Gasteiger partial charge is 0.375 e. The molecule has 0 atom stereocenters. The Labute approximate surface area is 120 Å². The number of benzene rings is 1. The van der Waals surface area contributed by atoms with Crippen molar-refractivity contribution in [2.24, 2.45) is 0 Å². The molecule has 0 amide bonds. The van der Waals surface area contributed by atoms with Gasteiger partial charge in [-0.3, -0.25) is 0 Å². The van der Waals surface area contributed by atoms with Crippen molar-refractivity contribution in [1.82, 2.24) is 4.98 Å². The van der Waals surface area contributed by atoms with Crippen LogP contribution in [0.2, 0.25) is 0 Å². The van der Waals surface area contributed by atoms with Crippen LogP contribution in [0.4, 0.5) is 5.13 Å². The number of hydrogen-bond donors (Lipinski definition) is 1. The topological polar surface area (TPSA) is 38.9 Å². The second-order valence-corrected chi connectivity index (χ2v) is 6.40. The van der Waals surface area contributed by atoms with E-state index >= 15 is 0 Å². The maximum absolute atomic E-state index is 5.82. The monoisotopic (exact) mass is 324 g/mol. The molecule has 2 nitrogen and oxygen atoms in total. The Morgan fingerprint density at radius 2 is 2.17 bits per heavy atom. The van der Waals surface area contributed by atoms with Crippen molar-refractivity contribution < 1.29 is 0 Å². The summed E-state index contributed by atoms with van der Waals surface area (Å²) in [7, 11) is 0. The van der Waals surface area contributed by atoms with Crippen LogP contribution in [0.25, 0.3) is 0 Å². The summed E-state index contributed by atoms with van der Waals surface area (Å²) in [6.07, 6.45) is 3.05. The van der Waals surface area contributed by atoms with E-state index in [1.807, 2.05) is 0 Å². The number of aromatic nitrogens is 1. The van der Waals surface area contributed by atoms with Gasteiger partial charge in [0.05, 0.1) is 5.69 Å². The fraction of sp³-hybridized carbons (Fsp3) is 0.357. The molecule has 0 spiro atoms. The summed E-state index contributed by atoms with van der Waals surface area (Å²) in [6.45, 7) is 4.28. The molecule has 0 aliphatic carbocycles. The van der Waals surface area contributed by atoms with Crippen molar-refractivity contribution >= 4 is 32.4 Å². The molecule has 0 radical (unpaired) electrons. The average molecular weight is 325 g/mol. The van der Waals surface area contributed by atoms with E-state index in [2.05, 4.69) is 53.0 Å². The third-order valence-electron chi connectivity index (χ3n) is 2.87. The molecule has 4 heteroatoms. The van der Waals surface area contributed by atoms with Gasteiger partial charge < -0.3 is 5.73 Å². The van der Waals surface area contributed by atoms with Crippen LogP contribution in [-0.2, 0) is 12.8 Å². The van der Waals surface area contributed by atoms with Gasteiger partial charge in [0.25, 0.3) is 0 Å². The maximum atomic E-state index is 5.82. The summed E-state index contributed by atoms with van der Waals surface area (Å²) in [4.78, 5) is 5.73. The normalized spacial score (nSPS) is 10.8. The molecule has 1 aromatic heterocycles. The fourth-order valence-corrected chi connectivity index (χ4v) is 3.13. The Morgan fingerprint density at radius 1 is 1.39 bits per heavy atom.